The Hall–Kier alpha value is -2.36. The van der Waals surface area contributed by atoms with Crippen LogP contribution in [0.1, 0.15) is 10.4 Å². The van der Waals surface area contributed by atoms with E-state index in [0.717, 1.165) is 0 Å². The number of carbonyl (C=O) groups is 1. The van der Waals surface area contributed by atoms with E-state index >= 15 is 0 Å². The molecule has 0 aliphatic heterocycles. The van der Waals surface area contributed by atoms with Crippen LogP contribution < -0.4 is 4.74 Å². The van der Waals surface area contributed by atoms with Crippen molar-refractivity contribution in [3.63, 3.8) is 0 Å². The Bertz CT molecular complexity index is 497. The summed E-state index contributed by atoms with van der Waals surface area (Å²) in [6.07, 6.45) is 3.79. The number of pyridine rings is 1. The van der Waals surface area contributed by atoms with E-state index in [1.54, 1.807) is 30.6 Å². The fourth-order valence-electron chi connectivity index (χ4n) is 1.23. The maximum absolute atomic E-state index is 10.5. The number of aldehydes is 1. The summed E-state index contributed by atoms with van der Waals surface area (Å²) in [5.74, 6) is 0.924. The van der Waals surface area contributed by atoms with E-state index in [0.29, 0.717) is 17.8 Å². The number of aromatic nitrogens is 1. The van der Waals surface area contributed by atoms with E-state index in [9.17, 15) is 9.90 Å². The highest BCUT2D eigenvalue weighted by Gasteiger charge is 2.03. The normalized spacial score (nSPS) is 9.75. The lowest BCUT2D eigenvalue weighted by atomic mass is 10.2. The largest absolute Gasteiger partial charge is 0.507 e. The topological polar surface area (TPSA) is 59.4 Å². The van der Waals surface area contributed by atoms with Crippen LogP contribution in [0.25, 0.3) is 0 Å². The van der Waals surface area contributed by atoms with Crippen molar-refractivity contribution < 1.29 is 14.6 Å². The molecular weight excluding hydrogens is 206 g/mol. The summed E-state index contributed by atoms with van der Waals surface area (Å²) in [5.41, 5.74) is 0.235. The number of benzene rings is 1. The maximum Gasteiger partial charge on any atom is 0.153 e. The fraction of sp³-hybridized carbons (Fsp3) is 0. The lowest BCUT2D eigenvalue weighted by Gasteiger charge is -2.05. The maximum atomic E-state index is 10.5. The zero-order chi connectivity index (χ0) is 11.4. The van der Waals surface area contributed by atoms with E-state index < -0.39 is 0 Å². The number of ether oxygens (including phenoxy) is 1. The molecule has 0 aliphatic rings. The van der Waals surface area contributed by atoms with E-state index in [4.69, 9.17) is 4.74 Å². The van der Waals surface area contributed by atoms with Crippen LogP contribution in [0.5, 0.6) is 17.2 Å². The summed E-state index contributed by atoms with van der Waals surface area (Å²) >= 11 is 0. The highest BCUT2D eigenvalue weighted by Crippen LogP contribution is 2.26. The summed E-state index contributed by atoms with van der Waals surface area (Å²) in [6.45, 7) is 0. The smallest absolute Gasteiger partial charge is 0.153 e. The Balaban J connectivity index is 2.23. The van der Waals surface area contributed by atoms with Gasteiger partial charge in [0.1, 0.15) is 17.2 Å². The average molecular weight is 215 g/mol. The Morgan fingerprint density at radius 1 is 1.25 bits per heavy atom. The number of phenolic OH excluding ortho intramolecular Hbond substituents is 1. The number of hydrogen-bond donors (Lipinski definition) is 1. The Labute approximate surface area is 92.1 Å². The Morgan fingerprint density at radius 2 is 2.12 bits per heavy atom. The predicted octanol–water partition coefficient (Wildman–Crippen LogP) is 2.39. The molecule has 2 aromatic rings. The molecule has 16 heavy (non-hydrogen) atoms. The molecular formula is C12H9NO3. The molecule has 0 radical (unpaired) electrons. The quantitative estimate of drug-likeness (QED) is 0.798. The highest BCUT2D eigenvalue weighted by atomic mass is 16.5. The first kappa shape index (κ1) is 10.2. The third kappa shape index (κ3) is 2.17. The number of phenols is 1. The second kappa shape index (κ2) is 4.44. The molecule has 0 saturated heterocycles. The summed E-state index contributed by atoms with van der Waals surface area (Å²) in [5, 5.41) is 9.44. The van der Waals surface area contributed by atoms with Crippen molar-refractivity contribution in [1.82, 2.24) is 4.98 Å². The van der Waals surface area contributed by atoms with Crippen LogP contribution in [-0.4, -0.2) is 16.4 Å². The average Bonchev–Trinajstić information content (AvgIpc) is 2.31. The van der Waals surface area contributed by atoms with Gasteiger partial charge in [0, 0.05) is 12.3 Å². The molecule has 0 bridgehead atoms. The molecule has 0 atom stereocenters. The minimum Gasteiger partial charge on any atom is -0.507 e. The van der Waals surface area contributed by atoms with Crippen LogP contribution >= 0.6 is 0 Å². The Morgan fingerprint density at radius 3 is 2.75 bits per heavy atom. The fourth-order valence-corrected chi connectivity index (χ4v) is 1.23. The number of carbonyl (C=O) groups excluding carboxylic acids is 1. The zero-order valence-electron chi connectivity index (χ0n) is 8.33. The molecule has 0 spiro atoms. The second-order valence-corrected chi connectivity index (χ2v) is 3.13. The first-order valence-electron chi connectivity index (χ1n) is 4.65. The van der Waals surface area contributed by atoms with Crippen LogP contribution in [0, 0.1) is 0 Å². The SMILES string of the molecule is O=Cc1ccc(Oc2cccnc2)cc1O. The summed E-state index contributed by atoms with van der Waals surface area (Å²) < 4.78 is 5.42. The molecule has 1 aromatic carbocycles. The van der Waals surface area contributed by atoms with Gasteiger partial charge in [0.2, 0.25) is 0 Å². The van der Waals surface area contributed by atoms with Crippen molar-refractivity contribution in [3.05, 3.63) is 48.3 Å². The monoisotopic (exact) mass is 215 g/mol. The van der Waals surface area contributed by atoms with Gasteiger partial charge >= 0.3 is 0 Å². The van der Waals surface area contributed by atoms with E-state index in [2.05, 4.69) is 4.98 Å². The number of aromatic hydroxyl groups is 1. The minimum absolute atomic E-state index is 0.101. The summed E-state index contributed by atoms with van der Waals surface area (Å²) in [6, 6.07) is 7.98. The first-order chi connectivity index (χ1) is 7.79. The second-order valence-electron chi connectivity index (χ2n) is 3.13. The van der Waals surface area contributed by atoms with Gasteiger partial charge in [0.15, 0.2) is 6.29 Å². The highest BCUT2D eigenvalue weighted by molar-refractivity contribution is 5.79. The van der Waals surface area contributed by atoms with Crippen LogP contribution in [-0.2, 0) is 0 Å². The molecule has 0 fully saturated rings. The molecule has 80 valence electrons. The van der Waals surface area contributed by atoms with Crippen LogP contribution in [0.4, 0.5) is 0 Å². The van der Waals surface area contributed by atoms with Gasteiger partial charge in [-0.05, 0) is 24.3 Å². The van der Waals surface area contributed by atoms with Gasteiger partial charge in [-0.1, -0.05) is 0 Å². The van der Waals surface area contributed by atoms with Crippen LogP contribution in [0.15, 0.2) is 42.7 Å². The van der Waals surface area contributed by atoms with Crippen molar-refractivity contribution in [3.8, 4) is 17.2 Å². The standard InChI is InChI=1S/C12H9NO3/c14-8-9-3-4-10(6-12(9)15)16-11-2-1-5-13-7-11/h1-8,15H. The molecule has 1 heterocycles. The molecule has 1 N–H and O–H groups in total. The van der Waals surface area contributed by atoms with Crippen molar-refractivity contribution in [1.29, 1.82) is 0 Å². The van der Waals surface area contributed by atoms with E-state index in [1.165, 1.54) is 12.1 Å². The molecule has 4 heteroatoms. The third-order valence-electron chi connectivity index (χ3n) is 2.00. The zero-order valence-corrected chi connectivity index (χ0v) is 8.33. The van der Waals surface area contributed by atoms with Crippen molar-refractivity contribution in [2.24, 2.45) is 0 Å². The summed E-state index contributed by atoms with van der Waals surface area (Å²) in [4.78, 5) is 14.4. The van der Waals surface area contributed by atoms with Gasteiger partial charge in [0.25, 0.3) is 0 Å². The van der Waals surface area contributed by atoms with Crippen LogP contribution in [0.3, 0.4) is 0 Å². The lowest BCUT2D eigenvalue weighted by Crippen LogP contribution is -1.86. The van der Waals surface area contributed by atoms with Crippen molar-refractivity contribution in [2.75, 3.05) is 0 Å². The summed E-state index contributed by atoms with van der Waals surface area (Å²) in [7, 11) is 0. The number of nitrogens with zero attached hydrogens (tertiary/aromatic N) is 1. The van der Waals surface area contributed by atoms with E-state index in [-0.39, 0.29) is 11.3 Å². The molecule has 4 nitrogen and oxygen atoms in total. The van der Waals surface area contributed by atoms with Gasteiger partial charge in [-0.15, -0.1) is 0 Å². The molecule has 1 aromatic heterocycles. The van der Waals surface area contributed by atoms with Gasteiger partial charge in [0.05, 0.1) is 11.8 Å². The van der Waals surface area contributed by atoms with Crippen LogP contribution in [0.2, 0.25) is 0 Å². The number of hydrogen-bond acceptors (Lipinski definition) is 4. The third-order valence-corrected chi connectivity index (χ3v) is 2.00. The lowest BCUT2D eigenvalue weighted by molar-refractivity contribution is 0.112. The first-order valence-corrected chi connectivity index (χ1v) is 4.65. The minimum atomic E-state index is -0.101. The van der Waals surface area contributed by atoms with E-state index in [1.807, 2.05) is 0 Å². The van der Waals surface area contributed by atoms with Gasteiger partial charge in [-0.3, -0.25) is 9.78 Å². The number of rotatable bonds is 3. The van der Waals surface area contributed by atoms with Gasteiger partial charge < -0.3 is 9.84 Å². The van der Waals surface area contributed by atoms with Crippen molar-refractivity contribution >= 4 is 6.29 Å². The Kier molecular flexibility index (Phi) is 2.82. The van der Waals surface area contributed by atoms with Gasteiger partial charge in [-0.25, -0.2) is 0 Å². The molecule has 0 unspecified atom stereocenters. The molecule has 2 rings (SSSR count). The molecule has 0 aliphatic carbocycles. The molecule has 0 saturated carbocycles. The predicted molar refractivity (Wildman–Crippen MR) is 57.8 cm³/mol. The van der Waals surface area contributed by atoms with Crippen molar-refractivity contribution in [2.45, 2.75) is 0 Å². The van der Waals surface area contributed by atoms with Gasteiger partial charge in [-0.2, -0.15) is 0 Å². The molecule has 0 amide bonds.